The number of aliphatic hydroxyl groups is 1. The molecule has 0 radical (unpaired) electrons. The second-order valence-electron chi connectivity index (χ2n) is 5.69. The second-order valence-corrected chi connectivity index (χ2v) is 5.69. The van der Waals surface area contributed by atoms with Gasteiger partial charge in [-0.15, -0.1) is 0 Å². The van der Waals surface area contributed by atoms with E-state index >= 15 is 0 Å². The number of nitrogens with zero attached hydrogens (tertiary/aromatic N) is 2. The maximum atomic E-state index is 9.04. The Bertz CT molecular complexity index is 529. The molecule has 0 amide bonds. The summed E-state index contributed by atoms with van der Waals surface area (Å²) in [7, 11) is 0. The van der Waals surface area contributed by atoms with E-state index in [0.29, 0.717) is 12.0 Å². The van der Waals surface area contributed by atoms with Crippen LogP contribution in [0.15, 0.2) is 42.7 Å². The highest BCUT2D eigenvalue weighted by Gasteiger charge is 2.41. The van der Waals surface area contributed by atoms with E-state index in [9.17, 15) is 0 Å². The molecular weight excluding hydrogens is 250 g/mol. The molecule has 3 rings (SSSR count). The predicted octanol–water partition coefficient (Wildman–Crippen LogP) is 2.12. The highest BCUT2D eigenvalue weighted by molar-refractivity contribution is 5.33. The standard InChI is InChI=1S/C16H21N3O/c20-11-8-16(6-7-16)13-17-12-14-2-4-15(5-3-14)19-10-1-9-18-19/h1-5,9-10,17,20H,6-8,11-13H2. The van der Waals surface area contributed by atoms with Crippen molar-refractivity contribution in [3.05, 3.63) is 48.3 Å². The number of aliphatic hydroxyl groups excluding tert-OH is 1. The summed E-state index contributed by atoms with van der Waals surface area (Å²) >= 11 is 0. The third-order valence-electron chi connectivity index (χ3n) is 4.13. The summed E-state index contributed by atoms with van der Waals surface area (Å²) in [5, 5.41) is 16.8. The normalized spacial score (nSPS) is 16.2. The van der Waals surface area contributed by atoms with Crippen LogP contribution in [0.1, 0.15) is 24.8 Å². The molecule has 0 unspecified atom stereocenters. The van der Waals surface area contributed by atoms with Crippen LogP contribution in [-0.4, -0.2) is 28.0 Å². The molecule has 0 atom stereocenters. The number of hydrogen-bond donors (Lipinski definition) is 2. The molecule has 1 aromatic carbocycles. The Kier molecular flexibility index (Phi) is 3.85. The minimum absolute atomic E-state index is 0.306. The molecule has 1 fully saturated rings. The molecule has 1 heterocycles. The Labute approximate surface area is 119 Å². The van der Waals surface area contributed by atoms with Crippen LogP contribution in [0.5, 0.6) is 0 Å². The van der Waals surface area contributed by atoms with Crippen LogP contribution in [0, 0.1) is 5.41 Å². The molecule has 1 aromatic heterocycles. The summed E-state index contributed by atoms with van der Waals surface area (Å²) in [6.45, 7) is 2.20. The Morgan fingerprint density at radius 2 is 2.05 bits per heavy atom. The highest BCUT2D eigenvalue weighted by Crippen LogP contribution is 2.47. The SMILES string of the molecule is OCCC1(CNCc2ccc(-n3cccn3)cc2)CC1. The monoisotopic (exact) mass is 271 g/mol. The van der Waals surface area contributed by atoms with Crippen molar-refractivity contribution in [1.82, 2.24) is 15.1 Å². The summed E-state index contributed by atoms with van der Waals surface area (Å²) in [4.78, 5) is 0. The third-order valence-corrected chi connectivity index (χ3v) is 4.13. The van der Waals surface area contributed by atoms with Gasteiger partial charge in [-0.25, -0.2) is 4.68 Å². The lowest BCUT2D eigenvalue weighted by atomic mass is 10.0. The molecule has 106 valence electrons. The molecule has 1 aliphatic carbocycles. The molecule has 2 aromatic rings. The van der Waals surface area contributed by atoms with Crippen molar-refractivity contribution in [3.63, 3.8) is 0 Å². The Hall–Kier alpha value is -1.65. The van der Waals surface area contributed by atoms with Crippen LogP contribution in [-0.2, 0) is 6.54 Å². The molecule has 0 saturated heterocycles. The molecule has 0 aliphatic heterocycles. The van der Waals surface area contributed by atoms with Crippen molar-refractivity contribution in [1.29, 1.82) is 0 Å². The Morgan fingerprint density at radius 3 is 2.65 bits per heavy atom. The lowest BCUT2D eigenvalue weighted by molar-refractivity contribution is 0.245. The Balaban J connectivity index is 1.51. The van der Waals surface area contributed by atoms with E-state index in [1.54, 1.807) is 6.20 Å². The van der Waals surface area contributed by atoms with Gasteiger partial charge in [0.1, 0.15) is 0 Å². The van der Waals surface area contributed by atoms with E-state index in [0.717, 1.165) is 25.2 Å². The van der Waals surface area contributed by atoms with Gasteiger partial charge in [0.15, 0.2) is 0 Å². The molecule has 4 heteroatoms. The van der Waals surface area contributed by atoms with Gasteiger partial charge >= 0.3 is 0 Å². The fourth-order valence-corrected chi connectivity index (χ4v) is 2.59. The predicted molar refractivity (Wildman–Crippen MR) is 78.6 cm³/mol. The molecule has 20 heavy (non-hydrogen) atoms. The highest BCUT2D eigenvalue weighted by atomic mass is 16.3. The molecular formula is C16H21N3O. The minimum atomic E-state index is 0.306. The lowest BCUT2D eigenvalue weighted by Gasteiger charge is -2.14. The first-order valence-electron chi connectivity index (χ1n) is 7.22. The number of nitrogens with one attached hydrogen (secondary N) is 1. The van der Waals surface area contributed by atoms with E-state index in [4.69, 9.17) is 5.11 Å². The second kappa shape index (κ2) is 5.77. The van der Waals surface area contributed by atoms with Crippen molar-refractivity contribution >= 4 is 0 Å². The summed E-state index contributed by atoms with van der Waals surface area (Å²) in [6.07, 6.45) is 7.15. The summed E-state index contributed by atoms with van der Waals surface area (Å²) in [5.41, 5.74) is 2.74. The van der Waals surface area contributed by atoms with Gasteiger partial charge in [-0.2, -0.15) is 5.10 Å². The average Bonchev–Trinajstić information content (AvgIpc) is 3.02. The zero-order valence-electron chi connectivity index (χ0n) is 11.6. The maximum Gasteiger partial charge on any atom is 0.0645 e. The lowest BCUT2D eigenvalue weighted by Crippen LogP contribution is -2.24. The number of rotatable bonds is 7. The van der Waals surface area contributed by atoms with Gasteiger partial charge in [0, 0.05) is 32.1 Å². The van der Waals surface area contributed by atoms with Crippen molar-refractivity contribution in [2.75, 3.05) is 13.2 Å². The number of benzene rings is 1. The molecule has 0 bridgehead atoms. The zero-order chi connectivity index (χ0) is 13.8. The van der Waals surface area contributed by atoms with Crippen molar-refractivity contribution < 1.29 is 5.11 Å². The van der Waals surface area contributed by atoms with E-state index in [1.807, 2.05) is 16.9 Å². The van der Waals surface area contributed by atoms with E-state index in [2.05, 4.69) is 34.7 Å². The summed E-state index contributed by atoms with van der Waals surface area (Å²) in [5.74, 6) is 0. The molecule has 1 aliphatic rings. The van der Waals surface area contributed by atoms with Gasteiger partial charge in [0.2, 0.25) is 0 Å². The Morgan fingerprint density at radius 1 is 1.25 bits per heavy atom. The van der Waals surface area contributed by atoms with Crippen molar-refractivity contribution in [2.45, 2.75) is 25.8 Å². The number of hydrogen-bond acceptors (Lipinski definition) is 3. The first-order chi connectivity index (χ1) is 9.81. The van der Waals surface area contributed by atoms with Crippen LogP contribution < -0.4 is 5.32 Å². The van der Waals surface area contributed by atoms with Crippen LogP contribution in [0.2, 0.25) is 0 Å². The fourth-order valence-electron chi connectivity index (χ4n) is 2.59. The topological polar surface area (TPSA) is 50.1 Å². The van der Waals surface area contributed by atoms with Crippen LogP contribution in [0.3, 0.4) is 0 Å². The molecule has 1 saturated carbocycles. The van der Waals surface area contributed by atoms with Crippen LogP contribution in [0.4, 0.5) is 0 Å². The smallest absolute Gasteiger partial charge is 0.0645 e. The minimum Gasteiger partial charge on any atom is -0.396 e. The number of aromatic nitrogens is 2. The first kappa shape index (κ1) is 13.3. The van der Waals surface area contributed by atoms with Crippen LogP contribution >= 0.6 is 0 Å². The fraction of sp³-hybridized carbons (Fsp3) is 0.438. The van der Waals surface area contributed by atoms with Gasteiger partial charge < -0.3 is 10.4 Å². The van der Waals surface area contributed by atoms with E-state index in [1.165, 1.54) is 18.4 Å². The van der Waals surface area contributed by atoms with Gasteiger partial charge in [0.25, 0.3) is 0 Å². The molecule has 0 spiro atoms. The van der Waals surface area contributed by atoms with Crippen molar-refractivity contribution in [2.24, 2.45) is 5.41 Å². The van der Waals surface area contributed by atoms with Gasteiger partial charge in [0.05, 0.1) is 5.69 Å². The van der Waals surface area contributed by atoms with Gasteiger partial charge in [-0.05, 0) is 48.4 Å². The summed E-state index contributed by atoms with van der Waals surface area (Å²) in [6, 6.07) is 10.4. The van der Waals surface area contributed by atoms with Gasteiger partial charge in [-0.1, -0.05) is 12.1 Å². The maximum absolute atomic E-state index is 9.04. The third kappa shape index (κ3) is 3.08. The first-order valence-corrected chi connectivity index (χ1v) is 7.22. The average molecular weight is 271 g/mol. The van der Waals surface area contributed by atoms with Crippen molar-refractivity contribution in [3.8, 4) is 5.69 Å². The van der Waals surface area contributed by atoms with E-state index < -0.39 is 0 Å². The quantitative estimate of drug-likeness (QED) is 0.811. The van der Waals surface area contributed by atoms with Gasteiger partial charge in [-0.3, -0.25) is 0 Å². The largest absolute Gasteiger partial charge is 0.396 e. The zero-order valence-corrected chi connectivity index (χ0v) is 11.6. The van der Waals surface area contributed by atoms with Crippen LogP contribution in [0.25, 0.3) is 5.69 Å². The summed E-state index contributed by atoms with van der Waals surface area (Å²) < 4.78 is 1.86. The van der Waals surface area contributed by atoms with E-state index in [-0.39, 0.29) is 0 Å². The molecule has 4 nitrogen and oxygen atoms in total. The molecule has 2 N–H and O–H groups in total.